The largest absolute Gasteiger partial charge is 0.466 e. The molecule has 2 atom stereocenters. The summed E-state index contributed by atoms with van der Waals surface area (Å²) in [6.07, 6.45) is 6.57. The van der Waals surface area contributed by atoms with E-state index in [0.29, 0.717) is 11.5 Å². The zero-order chi connectivity index (χ0) is 20.8. The Morgan fingerprint density at radius 2 is 2.00 bits per heavy atom. The first kappa shape index (κ1) is 21.2. The van der Waals surface area contributed by atoms with Crippen molar-refractivity contribution in [1.29, 1.82) is 0 Å². The van der Waals surface area contributed by atoms with Crippen molar-refractivity contribution >= 4 is 35.6 Å². The minimum atomic E-state index is -0.823. The fourth-order valence-corrected chi connectivity index (χ4v) is 5.00. The topological polar surface area (TPSA) is 118 Å². The first-order chi connectivity index (χ1) is 14.0. The van der Waals surface area contributed by atoms with Crippen LogP contribution in [0.25, 0.3) is 0 Å². The van der Waals surface area contributed by atoms with Crippen LogP contribution in [0.5, 0.6) is 0 Å². The summed E-state index contributed by atoms with van der Waals surface area (Å²) in [6.45, 7) is 0.777. The van der Waals surface area contributed by atoms with Crippen LogP contribution < -0.4 is 10.6 Å². The summed E-state index contributed by atoms with van der Waals surface area (Å²) in [5.74, 6) is -0.806. The van der Waals surface area contributed by atoms with Gasteiger partial charge in [0.2, 0.25) is 5.91 Å². The van der Waals surface area contributed by atoms with Gasteiger partial charge in [0.15, 0.2) is 6.61 Å². The maximum absolute atomic E-state index is 12.4. The second-order valence-electron chi connectivity index (χ2n) is 7.11. The number of carbonyl (C=O) groups is 4. The molecular formula is C19H25N3O6S. The molecule has 1 aliphatic carbocycles. The molecule has 10 heteroatoms. The minimum absolute atomic E-state index is 0.0669. The van der Waals surface area contributed by atoms with E-state index in [9.17, 15) is 19.2 Å². The third-order valence-electron chi connectivity index (χ3n) is 4.96. The highest BCUT2D eigenvalue weighted by atomic mass is 32.2. The Balaban J connectivity index is 1.47. The summed E-state index contributed by atoms with van der Waals surface area (Å²) in [6, 6.07) is 2.11. The molecule has 2 heterocycles. The van der Waals surface area contributed by atoms with Gasteiger partial charge in [-0.1, -0.05) is 19.3 Å². The summed E-state index contributed by atoms with van der Waals surface area (Å²) in [5.41, 5.74) is 0. The van der Waals surface area contributed by atoms with E-state index in [-0.39, 0.29) is 11.9 Å². The van der Waals surface area contributed by atoms with E-state index < -0.39 is 35.9 Å². The number of hydrogen-bond acceptors (Lipinski definition) is 7. The molecule has 1 aromatic heterocycles. The van der Waals surface area contributed by atoms with E-state index in [1.807, 2.05) is 0 Å². The number of nitrogens with one attached hydrogen (secondary N) is 2. The van der Waals surface area contributed by atoms with Crippen molar-refractivity contribution in [3.8, 4) is 0 Å². The number of urea groups is 1. The van der Waals surface area contributed by atoms with E-state index in [1.165, 1.54) is 29.8 Å². The van der Waals surface area contributed by atoms with Gasteiger partial charge in [-0.05, 0) is 25.0 Å². The zero-order valence-electron chi connectivity index (χ0n) is 16.2. The molecule has 4 amide bonds. The molecule has 2 N–H and O–H groups in total. The molecule has 0 radical (unpaired) electrons. The number of thioether (sulfide) groups is 1. The van der Waals surface area contributed by atoms with E-state index in [0.717, 1.165) is 32.1 Å². The lowest BCUT2D eigenvalue weighted by Crippen LogP contribution is -2.47. The molecular weight excluding hydrogens is 398 g/mol. The average Bonchev–Trinajstić information content (AvgIpc) is 3.36. The van der Waals surface area contributed by atoms with Crippen LogP contribution in [-0.4, -0.2) is 53.2 Å². The zero-order valence-corrected chi connectivity index (χ0v) is 17.0. The van der Waals surface area contributed by atoms with Crippen LogP contribution in [0.2, 0.25) is 0 Å². The summed E-state index contributed by atoms with van der Waals surface area (Å²) < 4.78 is 10.4. The molecule has 0 bridgehead atoms. The number of imide groups is 1. The molecule has 2 aliphatic rings. The Hall–Kier alpha value is -2.49. The second-order valence-corrected chi connectivity index (χ2v) is 8.22. The van der Waals surface area contributed by atoms with Crippen molar-refractivity contribution in [2.45, 2.75) is 56.5 Å². The lowest BCUT2D eigenvalue weighted by molar-refractivity contribution is -0.156. The predicted octanol–water partition coefficient (Wildman–Crippen LogP) is 1.94. The van der Waals surface area contributed by atoms with Gasteiger partial charge in [0.05, 0.1) is 6.26 Å². The van der Waals surface area contributed by atoms with Crippen LogP contribution in [0, 0.1) is 0 Å². The van der Waals surface area contributed by atoms with E-state index in [1.54, 1.807) is 12.1 Å². The molecule has 158 valence electrons. The van der Waals surface area contributed by atoms with Crippen LogP contribution in [0.15, 0.2) is 22.8 Å². The van der Waals surface area contributed by atoms with E-state index in [2.05, 4.69) is 10.6 Å². The van der Waals surface area contributed by atoms with E-state index >= 15 is 0 Å². The van der Waals surface area contributed by atoms with Crippen molar-refractivity contribution in [2.24, 2.45) is 0 Å². The fraction of sp³-hybridized carbons (Fsp3) is 0.579. The molecule has 1 saturated heterocycles. The van der Waals surface area contributed by atoms with Gasteiger partial charge in [-0.3, -0.25) is 14.9 Å². The highest BCUT2D eigenvalue weighted by molar-refractivity contribution is 7.99. The number of nitrogens with zero attached hydrogens (tertiary/aromatic N) is 1. The van der Waals surface area contributed by atoms with E-state index in [4.69, 9.17) is 9.15 Å². The summed E-state index contributed by atoms with van der Waals surface area (Å²) in [4.78, 5) is 49.7. The Bertz CT molecular complexity index is 747. The lowest BCUT2D eigenvalue weighted by atomic mass is 9.96. The first-order valence-electron chi connectivity index (χ1n) is 9.66. The summed E-state index contributed by atoms with van der Waals surface area (Å²) in [5, 5.41) is 4.51. The van der Waals surface area contributed by atoms with Crippen molar-refractivity contribution in [3.05, 3.63) is 24.2 Å². The van der Waals surface area contributed by atoms with Gasteiger partial charge in [-0.25, -0.2) is 9.59 Å². The quantitative estimate of drug-likeness (QED) is 0.695. The van der Waals surface area contributed by atoms with Gasteiger partial charge < -0.3 is 19.4 Å². The molecule has 1 aliphatic heterocycles. The first-order valence-corrected chi connectivity index (χ1v) is 10.7. The number of amides is 4. The molecule has 1 aromatic rings. The van der Waals surface area contributed by atoms with Crippen molar-refractivity contribution < 1.29 is 28.3 Å². The number of hydrogen-bond donors (Lipinski definition) is 2. The normalized spacial score (nSPS) is 22.2. The Morgan fingerprint density at radius 3 is 2.66 bits per heavy atom. The van der Waals surface area contributed by atoms with Crippen LogP contribution in [-0.2, 0) is 19.1 Å². The number of ether oxygens (including phenoxy) is 1. The van der Waals surface area contributed by atoms with Crippen molar-refractivity contribution in [1.82, 2.24) is 15.5 Å². The third-order valence-corrected chi connectivity index (χ3v) is 6.24. The smallest absolute Gasteiger partial charge is 0.330 e. The summed E-state index contributed by atoms with van der Waals surface area (Å²) >= 11 is 1.38. The highest BCUT2D eigenvalue weighted by Gasteiger charge is 2.43. The van der Waals surface area contributed by atoms with Crippen LogP contribution in [0.3, 0.4) is 0 Å². The lowest BCUT2D eigenvalue weighted by Gasteiger charge is -2.25. The second kappa shape index (κ2) is 9.82. The van der Waals surface area contributed by atoms with Gasteiger partial charge in [0, 0.05) is 18.7 Å². The maximum Gasteiger partial charge on any atom is 0.330 e. The molecule has 0 unspecified atom stereocenters. The molecule has 9 nitrogen and oxygen atoms in total. The van der Waals surface area contributed by atoms with Gasteiger partial charge in [0.1, 0.15) is 17.2 Å². The Morgan fingerprint density at radius 1 is 1.24 bits per heavy atom. The predicted molar refractivity (Wildman–Crippen MR) is 105 cm³/mol. The summed E-state index contributed by atoms with van der Waals surface area (Å²) in [7, 11) is 0. The molecule has 29 heavy (non-hydrogen) atoms. The van der Waals surface area contributed by atoms with Gasteiger partial charge in [0.25, 0.3) is 5.91 Å². The number of carbonyl (C=O) groups excluding carboxylic acids is 4. The molecule has 0 spiro atoms. The average molecular weight is 423 g/mol. The van der Waals surface area contributed by atoms with Crippen LogP contribution >= 0.6 is 11.8 Å². The Kier molecular flexibility index (Phi) is 7.18. The van der Waals surface area contributed by atoms with Crippen molar-refractivity contribution in [2.75, 3.05) is 12.4 Å². The van der Waals surface area contributed by atoms with Crippen molar-refractivity contribution in [3.63, 3.8) is 0 Å². The number of rotatable bonds is 5. The fourth-order valence-electron chi connectivity index (χ4n) is 3.59. The SMILES string of the molecule is CC(=O)N1[C@@H](c2ccco2)SC[C@H]1C(=O)OCC(=O)NC(=O)NC1CCCCC1. The molecule has 3 rings (SSSR count). The molecule has 2 fully saturated rings. The van der Waals surface area contributed by atoms with Gasteiger partial charge >= 0.3 is 12.0 Å². The minimum Gasteiger partial charge on any atom is -0.466 e. The highest BCUT2D eigenvalue weighted by Crippen LogP contribution is 2.41. The monoisotopic (exact) mass is 423 g/mol. The van der Waals surface area contributed by atoms with Crippen LogP contribution in [0.4, 0.5) is 4.79 Å². The molecule has 1 saturated carbocycles. The van der Waals surface area contributed by atoms with Crippen LogP contribution in [0.1, 0.15) is 50.2 Å². The number of furan rings is 1. The van der Waals surface area contributed by atoms with Gasteiger partial charge in [-0.15, -0.1) is 11.8 Å². The third kappa shape index (κ3) is 5.53. The Labute approximate surface area is 172 Å². The standard InChI is InChI=1S/C19H25N3O6S/c1-12(23)22-14(11-29-17(22)15-8-5-9-27-15)18(25)28-10-16(24)21-19(26)20-13-6-3-2-4-7-13/h5,8-9,13-14,17H,2-4,6-7,10-11H2,1H3,(H2,20,21,24,26)/t14-,17+/m0/s1. The maximum atomic E-state index is 12.4. The van der Waals surface area contributed by atoms with Gasteiger partial charge in [-0.2, -0.15) is 0 Å². The number of esters is 1. The molecule has 0 aromatic carbocycles.